The number of hydrogen-bond donors (Lipinski definition) is 1. The van der Waals surface area contributed by atoms with Crippen LogP contribution in [-0.4, -0.2) is 13.4 Å². The number of aromatic nitrogens is 1. The summed E-state index contributed by atoms with van der Waals surface area (Å²) in [5.41, 5.74) is 1.52. The zero-order valence-corrected chi connectivity index (χ0v) is 14.6. The maximum absolute atomic E-state index is 12.6. The molecular weight excluding hydrogens is 320 g/mol. The van der Waals surface area contributed by atoms with E-state index in [9.17, 15) is 8.42 Å². The Balaban J connectivity index is 2.43. The molecular formula is C16H19ClN2O2S. The minimum Gasteiger partial charge on any atom is -0.263 e. The molecule has 0 bridgehead atoms. The van der Waals surface area contributed by atoms with Crippen LogP contribution in [0.1, 0.15) is 31.9 Å². The molecule has 0 aliphatic rings. The van der Waals surface area contributed by atoms with Crippen molar-refractivity contribution >= 4 is 27.4 Å². The molecule has 1 aromatic heterocycles. The van der Waals surface area contributed by atoms with Gasteiger partial charge in [0.2, 0.25) is 0 Å². The zero-order valence-electron chi connectivity index (χ0n) is 13.0. The highest BCUT2D eigenvalue weighted by molar-refractivity contribution is 7.92. The van der Waals surface area contributed by atoms with E-state index in [1.165, 1.54) is 12.3 Å². The second-order valence-electron chi connectivity index (χ2n) is 6.20. The molecule has 22 heavy (non-hydrogen) atoms. The summed E-state index contributed by atoms with van der Waals surface area (Å²) in [5.74, 6) is 0.241. The number of benzene rings is 1. The van der Waals surface area contributed by atoms with Crippen molar-refractivity contribution in [2.24, 2.45) is 0 Å². The molecule has 1 aromatic carbocycles. The Morgan fingerprint density at radius 1 is 1.14 bits per heavy atom. The molecule has 1 heterocycles. The van der Waals surface area contributed by atoms with Gasteiger partial charge >= 0.3 is 0 Å². The van der Waals surface area contributed by atoms with Gasteiger partial charge in [0.05, 0.1) is 9.92 Å². The summed E-state index contributed by atoms with van der Waals surface area (Å²) in [5, 5.41) is 0.453. The van der Waals surface area contributed by atoms with Crippen LogP contribution in [0.15, 0.2) is 41.4 Å². The molecule has 0 fully saturated rings. The number of nitrogens with zero attached hydrogens (tertiary/aromatic N) is 1. The van der Waals surface area contributed by atoms with Gasteiger partial charge in [-0.1, -0.05) is 44.5 Å². The standard InChI is InChI=1S/C16H19ClN2O2S/c1-11-5-6-12(16(2,3)4)9-14(11)22(20,21)19-15-8-7-13(17)10-18-15/h5-10H,1-4H3,(H,18,19). The van der Waals surface area contributed by atoms with Gasteiger partial charge in [0.1, 0.15) is 5.82 Å². The van der Waals surface area contributed by atoms with Crippen LogP contribution in [0.25, 0.3) is 0 Å². The molecule has 0 saturated carbocycles. The van der Waals surface area contributed by atoms with E-state index in [0.717, 1.165) is 5.56 Å². The lowest BCUT2D eigenvalue weighted by Crippen LogP contribution is -2.17. The van der Waals surface area contributed by atoms with Gasteiger partial charge in [0.25, 0.3) is 10.0 Å². The third-order valence-electron chi connectivity index (χ3n) is 3.31. The number of pyridine rings is 1. The summed E-state index contributed by atoms with van der Waals surface area (Å²) in [6.45, 7) is 7.91. The average Bonchev–Trinajstić information content (AvgIpc) is 2.40. The molecule has 2 rings (SSSR count). The molecule has 0 saturated heterocycles. The first-order valence-electron chi connectivity index (χ1n) is 6.85. The van der Waals surface area contributed by atoms with Gasteiger partial charge < -0.3 is 0 Å². The fourth-order valence-electron chi connectivity index (χ4n) is 1.98. The molecule has 0 aliphatic heterocycles. The van der Waals surface area contributed by atoms with Crippen molar-refractivity contribution in [1.29, 1.82) is 0 Å². The Kier molecular flexibility index (Phi) is 4.49. The topological polar surface area (TPSA) is 59.1 Å². The van der Waals surface area contributed by atoms with E-state index in [1.54, 1.807) is 19.1 Å². The second kappa shape index (κ2) is 5.89. The van der Waals surface area contributed by atoms with Gasteiger partial charge in [-0.25, -0.2) is 13.4 Å². The van der Waals surface area contributed by atoms with E-state index >= 15 is 0 Å². The summed E-state index contributed by atoms with van der Waals surface area (Å²) in [4.78, 5) is 4.23. The monoisotopic (exact) mass is 338 g/mol. The van der Waals surface area contributed by atoms with Crippen molar-refractivity contribution < 1.29 is 8.42 Å². The van der Waals surface area contributed by atoms with Gasteiger partial charge in [-0.3, -0.25) is 4.72 Å². The number of anilines is 1. The lowest BCUT2D eigenvalue weighted by molar-refractivity contribution is 0.584. The molecule has 0 unspecified atom stereocenters. The SMILES string of the molecule is Cc1ccc(C(C)(C)C)cc1S(=O)(=O)Nc1ccc(Cl)cn1. The van der Waals surface area contributed by atoms with Gasteiger partial charge in [0, 0.05) is 6.20 Å². The quantitative estimate of drug-likeness (QED) is 0.914. The highest BCUT2D eigenvalue weighted by Crippen LogP contribution is 2.27. The van der Waals surface area contributed by atoms with Crippen molar-refractivity contribution in [2.75, 3.05) is 4.72 Å². The predicted molar refractivity (Wildman–Crippen MR) is 89.9 cm³/mol. The van der Waals surface area contributed by atoms with Crippen LogP contribution in [0.4, 0.5) is 5.82 Å². The third-order valence-corrected chi connectivity index (χ3v) is 5.03. The molecule has 4 nitrogen and oxygen atoms in total. The first-order chi connectivity index (χ1) is 10.1. The number of sulfonamides is 1. The van der Waals surface area contributed by atoms with Crippen molar-refractivity contribution in [3.05, 3.63) is 52.7 Å². The van der Waals surface area contributed by atoms with Gasteiger partial charge in [-0.15, -0.1) is 0 Å². The van der Waals surface area contributed by atoms with Crippen LogP contribution < -0.4 is 4.72 Å². The summed E-state index contributed by atoms with van der Waals surface area (Å²) in [6.07, 6.45) is 1.40. The fourth-order valence-corrected chi connectivity index (χ4v) is 3.38. The van der Waals surface area contributed by atoms with Gasteiger partial charge in [0.15, 0.2) is 0 Å². The predicted octanol–water partition coefficient (Wildman–Crippen LogP) is 4.14. The van der Waals surface area contributed by atoms with Crippen molar-refractivity contribution in [2.45, 2.75) is 38.0 Å². The van der Waals surface area contributed by atoms with Crippen molar-refractivity contribution in [1.82, 2.24) is 4.98 Å². The van der Waals surface area contributed by atoms with Crippen LogP contribution >= 0.6 is 11.6 Å². The van der Waals surface area contributed by atoms with Crippen LogP contribution in [0, 0.1) is 6.92 Å². The molecule has 0 aliphatic carbocycles. The summed E-state index contributed by atoms with van der Waals surface area (Å²) in [6, 6.07) is 8.61. The summed E-state index contributed by atoms with van der Waals surface area (Å²) >= 11 is 5.76. The Bertz CT molecular complexity index is 779. The van der Waals surface area contributed by atoms with E-state index in [-0.39, 0.29) is 16.1 Å². The number of rotatable bonds is 3. The Morgan fingerprint density at radius 3 is 2.36 bits per heavy atom. The Labute approximate surface area is 136 Å². The normalized spacial score (nSPS) is 12.2. The Morgan fingerprint density at radius 2 is 1.82 bits per heavy atom. The van der Waals surface area contributed by atoms with Crippen molar-refractivity contribution in [3.63, 3.8) is 0 Å². The maximum atomic E-state index is 12.6. The number of nitrogens with one attached hydrogen (secondary N) is 1. The Hall–Kier alpha value is -1.59. The lowest BCUT2D eigenvalue weighted by Gasteiger charge is -2.21. The first-order valence-corrected chi connectivity index (χ1v) is 8.71. The second-order valence-corrected chi connectivity index (χ2v) is 8.28. The van der Waals surface area contributed by atoms with Gasteiger partial charge in [-0.05, 0) is 41.7 Å². The van der Waals surface area contributed by atoms with Crippen LogP contribution in [0.2, 0.25) is 5.02 Å². The van der Waals surface area contributed by atoms with Crippen LogP contribution in [-0.2, 0) is 15.4 Å². The minimum atomic E-state index is -3.70. The largest absolute Gasteiger partial charge is 0.263 e. The molecule has 118 valence electrons. The minimum absolute atomic E-state index is 0.128. The number of hydrogen-bond acceptors (Lipinski definition) is 3. The smallest absolute Gasteiger partial charge is 0.263 e. The third kappa shape index (κ3) is 3.78. The molecule has 0 spiro atoms. The molecule has 0 amide bonds. The molecule has 6 heteroatoms. The highest BCUT2D eigenvalue weighted by Gasteiger charge is 2.21. The molecule has 2 aromatic rings. The lowest BCUT2D eigenvalue weighted by atomic mass is 9.87. The maximum Gasteiger partial charge on any atom is 0.263 e. The fraction of sp³-hybridized carbons (Fsp3) is 0.312. The van der Waals surface area contributed by atoms with Crippen LogP contribution in [0.5, 0.6) is 0 Å². The molecule has 0 radical (unpaired) electrons. The van der Waals surface area contributed by atoms with E-state index in [0.29, 0.717) is 10.6 Å². The van der Waals surface area contributed by atoms with Crippen LogP contribution in [0.3, 0.4) is 0 Å². The number of halogens is 1. The van der Waals surface area contributed by atoms with Gasteiger partial charge in [-0.2, -0.15) is 0 Å². The van der Waals surface area contributed by atoms with E-state index in [1.807, 2.05) is 32.9 Å². The summed E-state index contributed by atoms with van der Waals surface area (Å²) in [7, 11) is -3.70. The average molecular weight is 339 g/mol. The van der Waals surface area contributed by atoms with E-state index in [4.69, 9.17) is 11.6 Å². The molecule has 0 atom stereocenters. The highest BCUT2D eigenvalue weighted by atomic mass is 35.5. The first kappa shape index (κ1) is 16.8. The zero-order chi connectivity index (χ0) is 16.5. The molecule has 1 N–H and O–H groups in total. The van der Waals surface area contributed by atoms with E-state index in [2.05, 4.69) is 9.71 Å². The number of aryl methyl sites for hydroxylation is 1. The van der Waals surface area contributed by atoms with Crippen molar-refractivity contribution in [3.8, 4) is 0 Å². The van der Waals surface area contributed by atoms with E-state index < -0.39 is 10.0 Å². The summed E-state index contributed by atoms with van der Waals surface area (Å²) < 4.78 is 27.7.